The van der Waals surface area contributed by atoms with Gasteiger partial charge in [-0.3, -0.25) is 9.69 Å². The molecule has 2 rings (SSSR count). The molecule has 0 radical (unpaired) electrons. The molecule has 1 N–H and O–H groups in total. The van der Waals surface area contributed by atoms with E-state index in [-0.39, 0.29) is 23.6 Å². The second-order valence-corrected chi connectivity index (χ2v) is 3.79. The fraction of sp³-hybridized carbons (Fsp3) is 0.444. The molecular weight excluding hydrogens is 218 g/mol. The van der Waals surface area contributed by atoms with Crippen LogP contribution in [-0.4, -0.2) is 34.1 Å². The van der Waals surface area contributed by atoms with Gasteiger partial charge >= 0.3 is 0 Å². The maximum absolute atomic E-state index is 11.6. The standard InChI is InChI=1S/C9H10ClN3O2/c10-8-9(12-2-1-11-8)13-4-6(5-14)3-7(13)15/h1-2,6,14H,3-5H2. The summed E-state index contributed by atoms with van der Waals surface area (Å²) in [6.07, 6.45) is 3.29. The summed E-state index contributed by atoms with van der Waals surface area (Å²) >= 11 is 5.83. The van der Waals surface area contributed by atoms with E-state index in [2.05, 4.69) is 9.97 Å². The zero-order valence-electron chi connectivity index (χ0n) is 7.93. The van der Waals surface area contributed by atoms with Crippen LogP contribution in [0.5, 0.6) is 0 Å². The van der Waals surface area contributed by atoms with E-state index in [0.717, 1.165) is 0 Å². The molecular formula is C9H10ClN3O2. The molecule has 5 nitrogen and oxygen atoms in total. The number of amides is 1. The van der Waals surface area contributed by atoms with E-state index >= 15 is 0 Å². The molecule has 1 unspecified atom stereocenters. The van der Waals surface area contributed by atoms with Crippen LogP contribution in [-0.2, 0) is 4.79 Å². The summed E-state index contributed by atoms with van der Waals surface area (Å²) in [4.78, 5) is 20.9. The first kappa shape index (κ1) is 10.3. The molecule has 1 fully saturated rings. The molecule has 0 spiro atoms. The van der Waals surface area contributed by atoms with Gasteiger partial charge in [-0.25, -0.2) is 9.97 Å². The van der Waals surface area contributed by atoms with Gasteiger partial charge in [-0.05, 0) is 0 Å². The number of halogens is 1. The van der Waals surface area contributed by atoms with E-state index < -0.39 is 0 Å². The Labute approximate surface area is 91.7 Å². The van der Waals surface area contributed by atoms with E-state index in [1.54, 1.807) is 0 Å². The van der Waals surface area contributed by atoms with Crippen LogP contribution in [0, 0.1) is 5.92 Å². The number of aromatic nitrogens is 2. The average Bonchev–Trinajstić information content (AvgIpc) is 2.60. The molecule has 1 atom stereocenters. The van der Waals surface area contributed by atoms with Gasteiger partial charge in [0, 0.05) is 37.9 Å². The maximum atomic E-state index is 11.6. The lowest BCUT2D eigenvalue weighted by atomic mass is 10.1. The van der Waals surface area contributed by atoms with Crippen LogP contribution in [0.25, 0.3) is 0 Å². The minimum absolute atomic E-state index is 0.000120. The Morgan fingerprint density at radius 2 is 2.27 bits per heavy atom. The molecule has 0 aromatic carbocycles. The Morgan fingerprint density at radius 3 is 2.87 bits per heavy atom. The number of nitrogens with zero attached hydrogens (tertiary/aromatic N) is 3. The van der Waals surface area contributed by atoms with Crippen molar-refractivity contribution in [1.29, 1.82) is 0 Å². The van der Waals surface area contributed by atoms with Crippen LogP contribution in [0.4, 0.5) is 5.82 Å². The lowest BCUT2D eigenvalue weighted by Crippen LogP contribution is -2.26. The largest absolute Gasteiger partial charge is 0.396 e. The summed E-state index contributed by atoms with van der Waals surface area (Å²) in [6.45, 7) is 0.452. The fourth-order valence-corrected chi connectivity index (χ4v) is 1.81. The number of anilines is 1. The topological polar surface area (TPSA) is 66.3 Å². The van der Waals surface area contributed by atoms with Gasteiger partial charge in [-0.1, -0.05) is 11.6 Å². The highest BCUT2D eigenvalue weighted by molar-refractivity contribution is 6.32. The smallest absolute Gasteiger partial charge is 0.228 e. The van der Waals surface area contributed by atoms with E-state index in [1.165, 1.54) is 17.3 Å². The van der Waals surface area contributed by atoms with Gasteiger partial charge in [0.2, 0.25) is 5.91 Å². The molecule has 0 saturated carbocycles. The minimum atomic E-state index is -0.0727. The third kappa shape index (κ3) is 1.93. The van der Waals surface area contributed by atoms with E-state index in [4.69, 9.17) is 16.7 Å². The molecule has 0 aliphatic carbocycles. The number of aliphatic hydroxyl groups is 1. The molecule has 15 heavy (non-hydrogen) atoms. The fourth-order valence-electron chi connectivity index (χ4n) is 1.60. The molecule has 2 heterocycles. The normalized spacial score (nSPS) is 21.1. The van der Waals surface area contributed by atoms with Gasteiger partial charge in [0.05, 0.1) is 0 Å². The maximum Gasteiger partial charge on any atom is 0.228 e. The zero-order valence-corrected chi connectivity index (χ0v) is 8.68. The van der Waals surface area contributed by atoms with E-state index in [9.17, 15) is 4.79 Å². The van der Waals surface area contributed by atoms with Crippen molar-refractivity contribution in [1.82, 2.24) is 9.97 Å². The molecule has 80 valence electrons. The SMILES string of the molecule is O=C1CC(CO)CN1c1nccnc1Cl. The predicted molar refractivity (Wildman–Crippen MR) is 54.6 cm³/mol. The Hall–Kier alpha value is -1.20. The second-order valence-electron chi connectivity index (χ2n) is 3.43. The molecule has 1 amide bonds. The predicted octanol–water partition coefficient (Wildman–Crippen LogP) is 0.475. The van der Waals surface area contributed by atoms with Gasteiger partial charge in [-0.2, -0.15) is 0 Å². The summed E-state index contributed by atoms with van der Waals surface area (Å²) in [7, 11) is 0. The molecule has 1 aromatic rings. The number of hydrogen-bond acceptors (Lipinski definition) is 4. The summed E-state index contributed by atoms with van der Waals surface area (Å²) in [5.41, 5.74) is 0. The second kappa shape index (κ2) is 4.12. The minimum Gasteiger partial charge on any atom is -0.396 e. The number of carbonyl (C=O) groups is 1. The van der Waals surface area contributed by atoms with Crippen LogP contribution in [0.3, 0.4) is 0 Å². The Morgan fingerprint density at radius 1 is 1.53 bits per heavy atom. The molecule has 1 aromatic heterocycles. The van der Waals surface area contributed by atoms with Crippen molar-refractivity contribution in [2.24, 2.45) is 5.92 Å². The van der Waals surface area contributed by atoms with Crippen LogP contribution < -0.4 is 4.90 Å². The summed E-state index contributed by atoms with van der Waals surface area (Å²) < 4.78 is 0. The zero-order chi connectivity index (χ0) is 10.8. The van der Waals surface area contributed by atoms with E-state index in [1.807, 2.05) is 0 Å². The van der Waals surface area contributed by atoms with Gasteiger partial charge in [-0.15, -0.1) is 0 Å². The monoisotopic (exact) mass is 227 g/mol. The first-order valence-corrected chi connectivity index (χ1v) is 4.98. The quantitative estimate of drug-likeness (QED) is 0.798. The lowest BCUT2D eigenvalue weighted by Gasteiger charge is -2.15. The Kier molecular flexibility index (Phi) is 2.83. The highest BCUT2D eigenvalue weighted by atomic mass is 35.5. The van der Waals surface area contributed by atoms with Crippen molar-refractivity contribution in [3.8, 4) is 0 Å². The van der Waals surface area contributed by atoms with Crippen LogP contribution in [0.15, 0.2) is 12.4 Å². The van der Waals surface area contributed by atoms with Crippen LogP contribution in [0.1, 0.15) is 6.42 Å². The first-order chi connectivity index (χ1) is 7.22. The Bertz CT molecular complexity index is 385. The van der Waals surface area contributed by atoms with Crippen molar-refractivity contribution in [2.75, 3.05) is 18.1 Å². The summed E-state index contributed by atoms with van der Waals surface area (Å²) in [6, 6.07) is 0. The van der Waals surface area contributed by atoms with Crippen LogP contribution >= 0.6 is 11.6 Å². The number of carbonyl (C=O) groups excluding carboxylic acids is 1. The molecule has 1 saturated heterocycles. The van der Waals surface area contributed by atoms with Gasteiger partial charge in [0.15, 0.2) is 11.0 Å². The Balaban J connectivity index is 2.25. The highest BCUT2D eigenvalue weighted by Crippen LogP contribution is 2.27. The van der Waals surface area contributed by atoms with E-state index in [0.29, 0.717) is 18.8 Å². The van der Waals surface area contributed by atoms with Crippen molar-refractivity contribution < 1.29 is 9.90 Å². The average molecular weight is 228 g/mol. The molecule has 1 aliphatic rings. The van der Waals surface area contributed by atoms with Crippen molar-refractivity contribution in [3.63, 3.8) is 0 Å². The van der Waals surface area contributed by atoms with Crippen molar-refractivity contribution in [3.05, 3.63) is 17.5 Å². The first-order valence-electron chi connectivity index (χ1n) is 4.60. The van der Waals surface area contributed by atoms with Gasteiger partial charge < -0.3 is 5.11 Å². The summed E-state index contributed by atoms with van der Waals surface area (Å²) in [5.74, 6) is 0.270. The van der Waals surface area contributed by atoms with Gasteiger partial charge in [0.25, 0.3) is 0 Å². The number of rotatable bonds is 2. The third-order valence-corrected chi connectivity index (χ3v) is 2.62. The van der Waals surface area contributed by atoms with Gasteiger partial charge in [0.1, 0.15) is 0 Å². The van der Waals surface area contributed by atoms with Crippen molar-refractivity contribution >= 4 is 23.3 Å². The summed E-state index contributed by atoms with van der Waals surface area (Å²) in [5, 5.41) is 9.18. The lowest BCUT2D eigenvalue weighted by molar-refractivity contribution is -0.117. The molecule has 6 heteroatoms. The molecule has 0 bridgehead atoms. The van der Waals surface area contributed by atoms with Crippen LogP contribution in [0.2, 0.25) is 5.15 Å². The number of hydrogen-bond donors (Lipinski definition) is 1. The number of aliphatic hydroxyl groups excluding tert-OH is 1. The van der Waals surface area contributed by atoms with Crippen molar-refractivity contribution in [2.45, 2.75) is 6.42 Å². The molecule has 1 aliphatic heterocycles. The highest BCUT2D eigenvalue weighted by Gasteiger charge is 2.32. The third-order valence-electron chi connectivity index (χ3n) is 2.35.